The molecule has 2 nitrogen and oxygen atoms in total. The summed E-state index contributed by atoms with van der Waals surface area (Å²) in [7, 11) is 0. The lowest BCUT2D eigenvalue weighted by Gasteiger charge is -2.11. The van der Waals surface area contributed by atoms with Crippen molar-refractivity contribution in [3.8, 4) is 0 Å². The summed E-state index contributed by atoms with van der Waals surface area (Å²) in [4.78, 5) is 0. The first kappa shape index (κ1) is 9.66. The number of hydrogen-bond donors (Lipinski definition) is 2. The molecule has 0 spiro atoms. The molecule has 1 heterocycles. The minimum atomic E-state index is 1.08. The van der Waals surface area contributed by atoms with Gasteiger partial charge in [0.1, 0.15) is 0 Å². The van der Waals surface area contributed by atoms with E-state index in [2.05, 4.69) is 24.1 Å². The summed E-state index contributed by atoms with van der Waals surface area (Å²) in [5.41, 5.74) is 0. The Balaban J connectivity index is 0.000000180. The molecule has 0 saturated carbocycles. The highest BCUT2D eigenvalue weighted by Crippen LogP contribution is 1.66. The fraction of sp³-hybridized carbons (Fsp3) is 0.750. The molecular weight excluding hydrogens is 124 g/mol. The van der Waals surface area contributed by atoms with E-state index in [0.29, 0.717) is 0 Å². The molecular formula is C8H18N2. The van der Waals surface area contributed by atoms with Gasteiger partial charge in [-0.2, -0.15) is 0 Å². The van der Waals surface area contributed by atoms with Gasteiger partial charge in [0, 0.05) is 26.2 Å². The summed E-state index contributed by atoms with van der Waals surface area (Å²) in [6.45, 7) is 10.1. The fourth-order valence-corrected chi connectivity index (χ4v) is 0.604. The van der Waals surface area contributed by atoms with Gasteiger partial charge in [-0.1, -0.05) is 13.0 Å². The predicted molar refractivity (Wildman–Crippen MR) is 46.2 cm³/mol. The Morgan fingerprint density at radius 1 is 1.20 bits per heavy atom. The number of allylic oxidation sites excluding steroid dienone is 1. The van der Waals surface area contributed by atoms with Gasteiger partial charge in [-0.25, -0.2) is 0 Å². The maximum atomic E-state index is 3.48. The maximum Gasteiger partial charge on any atom is 0.00772 e. The van der Waals surface area contributed by atoms with Gasteiger partial charge in [0.05, 0.1) is 0 Å². The van der Waals surface area contributed by atoms with E-state index in [1.54, 1.807) is 0 Å². The van der Waals surface area contributed by atoms with E-state index in [1.165, 1.54) is 0 Å². The lowest BCUT2D eigenvalue weighted by Crippen LogP contribution is -2.39. The van der Waals surface area contributed by atoms with Gasteiger partial charge in [0.15, 0.2) is 0 Å². The Hall–Kier alpha value is -0.340. The van der Waals surface area contributed by atoms with Crippen molar-refractivity contribution < 1.29 is 0 Å². The zero-order valence-corrected chi connectivity index (χ0v) is 6.82. The van der Waals surface area contributed by atoms with Gasteiger partial charge in [0.25, 0.3) is 0 Å². The molecule has 2 N–H and O–H groups in total. The summed E-state index contributed by atoms with van der Waals surface area (Å²) < 4.78 is 0. The van der Waals surface area contributed by atoms with Gasteiger partial charge in [-0.3, -0.25) is 0 Å². The minimum absolute atomic E-state index is 1.08. The number of hydrogen-bond acceptors (Lipinski definition) is 2. The average molecular weight is 142 g/mol. The Labute approximate surface area is 63.7 Å². The van der Waals surface area contributed by atoms with Crippen molar-refractivity contribution >= 4 is 0 Å². The second kappa shape index (κ2) is 8.66. The van der Waals surface area contributed by atoms with Crippen LogP contribution in [0, 0.1) is 0 Å². The van der Waals surface area contributed by atoms with Crippen molar-refractivity contribution in [3.63, 3.8) is 0 Å². The van der Waals surface area contributed by atoms with E-state index >= 15 is 0 Å². The third kappa shape index (κ3) is 7.66. The molecule has 0 radical (unpaired) electrons. The van der Waals surface area contributed by atoms with Crippen LogP contribution in [0.4, 0.5) is 0 Å². The maximum absolute atomic E-state index is 3.48. The lowest BCUT2D eigenvalue weighted by molar-refractivity contribution is 0.534. The predicted octanol–water partition coefficient (Wildman–Crippen LogP) is 0.762. The zero-order chi connectivity index (χ0) is 7.66. The Morgan fingerprint density at radius 3 is 1.60 bits per heavy atom. The molecule has 1 saturated heterocycles. The van der Waals surface area contributed by atoms with Crippen LogP contribution in [0.2, 0.25) is 0 Å². The van der Waals surface area contributed by atoms with Crippen LogP contribution in [0.5, 0.6) is 0 Å². The van der Waals surface area contributed by atoms with E-state index in [0.717, 1.165) is 32.6 Å². The van der Waals surface area contributed by atoms with Gasteiger partial charge in [-0.15, -0.1) is 6.58 Å². The molecule has 0 atom stereocenters. The van der Waals surface area contributed by atoms with E-state index in [-0.39, 0.29) is 0 Å². The van der Waals surface area contributed by atoms with Crippen molar-refractivity contribution in [3.05, 3.63) is 12.7 Å². The van der Waals surface area contributed by atoms with E-state index in [9.17, 15) is 0 Å². The second-order valence-electron chi connectivity index (χ2n) is 2.20. The van der Waals surface area contributed by atoms with Crippen molar-refractivity contribution in [2.75, 3.05) is 26.2 Å². The van der Waals surface area contributed by atoms with Crippen LogP contribution in [0.25, 0.3) is 0 Å². The minimum Gasteiger partial charge on any atom is -0.314 e. The lowest BCUT2D eigenvalue weighted by atomic mass is 10.4. The van der Waals surface area contributed by atoms with E-state index in [1.807, 2.05) is 6.08 Å². The van der Waals surface area contributed by atoms with Gasteiger partial charge < -0.3 is 10.6 Å². The van der Waals surface area contributed by atoms with Crippen molar-refractivity contribution in [2.24, 2.45) is 0 Å². The fourth-order valence-electron chi connectivity index (χ4n) is 0.604. The molecule has 2 heteroatoms. The molecule has 10 heavy (non-hydrogen) atoms. The molecule has 0 aromatic rings. The molecule has 1 fully saturated rings. The summed E-state index contributed by atoms with van der Waals surface area (Å²) >= 11 is 0. The summed E-state index contributed by atoms with van der Waals surface area (Å²) in [5, 5.41) is 6.44. The number of piperazine rings is 1. The van der Waals surface area contributed by atoms with Gasteiger partial charge in [0.2, 0.25) is 0 Å². The molecule has 0 aliphatic carbocycles. The molecule has 0 bridgehead atoms. The first-order chi connectivity index (χ1) is 4.91. The summed E-state index contributed by atoms with van der Waals surface area (Å²) in [5.74, 6) is 0. The van der Waals surface area contributed by atoms with E-state index < -0.39 is 0 Å². The number of rotatable bonds is 1. The quantitative estimate of drug-likeness (QED) is 0.528. The van der Waals surface area contributed by atoms with Gasteiger partial charge in [-0.05, 0) is 6.42 Å². The Bertz CT molecular complexity index is 56.1. The van der Waals surface area contributed by atoms with E-state index in [4.69, 9.17) is 0 Å². The zero-order valence-electron chi connectivity index (χ0n) is 6.82. The smallest absolute Gasteiger partial charge is 0.00772 e. The highest BCUT2D eigenvalue weighted by molar-refractivity contribution is 4.60. The van der Waals surface area contributed by atoms with Crippen molar-refractivity contribution in [1.82, 2.24) is 10.6 Å². The average Bonchev–Trinajstić information content (AvgIpc) is 2.08. The highest BCUT2D eigenvalue weighted by atomic mass is 15.0. The third-order valence-corrected chi connectivity index (χ3v) is 1.25. The molecule has 60 valence electrons. The van der Waals surface area contributed by atoms with Crippen LogP contribution >= 0.6 is 0 Å². The van der Waals surface area contributed by atoms with Crippen molar-refractivity contribution in [1.29, 1.82) is 0 Å². The number of nitrogens with one attached hydrogen (secondary N) is 2. The van der Waals surface area contributed by atoms with Crippen molar-refractivity contribution in [2.45, 2.75) is 13.3 Å². The molecule has 0 aromatic heterocycles. The van der Waals surface area contributed by atoms with Crippen LogP contribution in [0.15, 0.2) is 12.7 Å². The first-order valence-corrected chi connectivity index (χ1v) is 3.94. The molecule has 0 unspecified atom stereocenters. The molecule has 0 amide bonds. The van der Waals surface area contributed by atoms with Crippen LogP contribution in [-0.4, -0.2) is 26.2 Å². The molecule has 1 aliphatic rings. The molecule has 1 rings (SSSR count). The largest absolute Gasteiger partial charge is 0.314 e. The second-order valence-corrected chi connectivity index (χ2v) is 2.20. The molecule has 0 aromatic carbocycles. The Morgan fingerprint density at radius 2 is 1.50 bits per heavy atom. The van der Waals surface area contributed by atoms with Crippen LogP contribution in [0.3, 0.4) is 0 Å². The monoisotopic (exact) mass is 142 g/mol. The SMILES string of the molecule is C1CNCCN1.C=CCC. The Kier molecular flexibility index (Phi) is 8.37. The third-order valence-electron chi connectivity index (χ3n) is 1.25. The standard InChI is InChI=1S/C4H10N2.C4H8/c1-2-6-4-3-5-1;1-3-4-2/h5-6H,1-4H2;3H,1,4H2,2H3. The summed E-state index contributed by atoms with van der Waals surface area (Å²) in [6.07, 6.45) is 2.96. The normalized spacial score (nSPS) is 16.9. The van der Waals surface area contributed by atoms with Crippen LogP contribution < -0.4 is 10.6 Å². The highest BCUT2D eigenvalue weighted by Gasteiger charge is 1.91. The molecule has 1 aliphatic heterocycles. The summed E-state index contributed by atoms with van der Waals surface area (Å²) in [6, 6.07) is 0. The first-order valence-electron chi connectivity index (χ1n) is 3.94. The van der Waals surface area contributed by atoms with Gasteiger partial charge >= 0.3 is 0 Å². The van der Waals surface area contributed by atoms with Crippen LogP contribution in [0.1, 0.15) is 13.3 Å². The van der Waals surface area contributed by atoms with Crippen LogP contribution in [-0.2, 0) is 0 Å². The topological polar surface area (TPSA) is 24.1 Å².